The molecule has 0 radical (unpaired) electrons. The fourth-order valence-corrected chi connectivity index (χ4v) is 8.81. The summed E-state index contributed by atoms with van der Waals surface area (Å²) in [4.78, 5) is 0. The Hall–Kier alpha value is -6.64. The number of hydrogen-bond acceptors (Lipinski definition) is 2. The van der Waals surface area contributed by atoms with Crippen LogP contribution in [0.2, 0.25) is 0 Å². The van der Waals surface area contributed by atoms with Crippen molar-refractivity contribution >= 4 is 97.7 Å². The second-order valence-electron chi connectivity index (χ2n) is 13.5. The molecule has 12 aromatic rings. The average Bonchev–Trinajstić information content (AvgIpc) is 3.75. The molecule has 0 atom stereocenters. The average molecular weight is 635 g/mol. The number of rotatable bonds is 2. The van der Waals surface area contributed by atoms with Crippen molar-refractivity contribution < 1.29 is 8.83 Å². The van der Waals surface area contributed by atoms with Crippen LogP contribution in [0, 0.1) is 0 Å². The van der Waals surface area contributed by atoms with Gasteiger partial charge in [0, 0.05) is 32.3 Å². The maximum atomic E-state index is 6.46. The molecule has 0 saturated carbocycles. The number of hydrogen-bond donors (Lipinski definition) is 0. The van der Waals surface area contributed by atoms with E-state index in [1.165, 1.54) is 65.3 Å². The quantitative estimate of drug-likeness (QED) is 0.177. The van der Waals surface area contributed by atoms with Crippen LogP contribution in [0.15, 0.2) is 167 Å². The molecule has 0 spiro atoms. The Labute approximate surface area is 285 Å². The van der Waals surface area contributed by atoms with Gasteiger partial charge < -0.3 is 8.83 Å². The predicted octanol–water partition coefficient (Wildman–Crippen LogP) is 14.0. The summed E-state index contributed by atoms with van der Waals surface area (Å²) in [7, 11) is 0. The molecule has 2 heteroatoms. The van der Waals surface area contributed by atoms with E-state index in [1.807, 2.05) is 12.1 Å². The summed E-state index contributed by atoms with van der Waals surface area (Å²) in [6, 6.07) is 57.2. The lowest BCUT2D eigenvalue weighted by Gasteiger charge is -2.18. The molecule has 0 fully saturated rings. The lowest BCUT2D eigenvalue weighted by molar-refractivity contribution is 0.672. The molecule has 0 amide bonds. The number of furan rings is 2. The standard InChI is InChI=1S/C48H26O2/c1-3-13-37-29(9-1)39(25-41-33-11-5-7-15-43(33)49-47(37)41)31-21-17-27-20-24-36-32(22-18-28-19-23-35(31)45(27)46(28)36)40-26-42-34-12-6-8-16-44(34)50-48(42)38-14-4-2-10-30(38)40/h1-26H. The normalized spacial score (nSPS) is 12.4. The summed E-state index contributed by atoms with van der Waals surface area (Å²) in [5.74, 6) is 0. The molecule has 50 heavy (non-hydrogen) atoms. The van der Waals surface area contributed by atoms with Crippen molar-refractivity contribution in [1.82, 2.24) is 0 Å². The third-order valence-electron chi connectivity index (χ3n) is 11.0. The van der Waals surface area contributed by atoms with Crippen molar-refractivity contribution in [2.24, 2.45) is 0 Å². The van der Waals surface area contributed by atoms with Crippen LogP contribution < -0.4 is 0 Å². The Balaban J connectivity index is 1.18. The zero-order valence-electron chi connectivity index (χ0n) is 26.8. The Morgan fingerprint density at radius 2 is 0.640 bits per heavy atom. The van der Waals surface area contributed by atoms with Crippen LogP contribution in [0.25, 0.3) is 120 Å². The molecule has 2 heterocycles. The summed E-state index contributed by atoms with van der Waals surface area (Å²) in [5, 5.41) is 16.9. The maximum absolute atomic E-state index is 6.46. The van der Waals surface area contributed by atoms with Gasteiger partial charge in [-0.05, 0) is 89.6 Å². The van der Waals surface area contributed by atoms with Crippen LogP contribution in [0.3, 0.4) is 0 Å². The molecule has 2 nitrogen and oxygen atoms in total. The van der Waals surface area contributed by atoms with E-state index in [-0.39, 0.29) is 0 Å². The van der Waals surface area contributed by atoms with Crippen LogP contribution in [-0.4, -0.2) is 0 Å². The highest BCUT2D eigenvalue weighted by Gasteiger charge is 2.20. The lowest BCUT2D eigenvalue weighted by atomic mass is 9.85. The molecule has 0 aliphatic carbocycles. The molecule has 0 N–H and O–H groups in total. The van der Waals surface area contributed by atoms with E-state index >= 15 is 0 Å². The maximum Gasteiger partial charge on any atom is 0.143 e. The number of para-hydroxylation sites is 2. The molecular weight excluding hydrogens is 609 g/mol. The molecule has 12 rings (SSSR count). The van der Waals surface area contributed by atoms with Crippen LogP contribution in [0.1, 0.15) is 0 Å². The van der Waals surface area contributed by atoms with Gasteiger partial charge in [0.25, 0.3) is 0 Å². The molecular formula is C48H26O2. The second-order valence-corrected chi connectivity index (χ2v) is 13.5. The molecule has 0 bridgehead atoms. The fourth-order valence-electron chi connectivity index (χ4n) is 8.81. The van der Waals surface area contributed by atoms with E-state index in [1.54, 1.807) is 0 Å². The van der Waals surface area contributed by atoms with Gasteiger partial charge >= 0.3 is 0 Å². The Morgan fingerprint density at radius 3 is 1.10 bits per heavy atom. The van der Waals surface area contributed by atoms with Crippen LogP contribution in [-0.2, 0) is 0 Å². The first-order chi connectivity index (χ1) is 24.8. The molecule has 0 aliphatic heterocycles. The van der Waals surface area contributed by atoms with Crippen LogP contribution >= 0.6 is 0 Å². The molecule has 0 aliphatic rings. The van der Waals surface area contributed by atoms with E-state index in [0.717, 1.165) is 54.6 Å². The third kappa shape index (κ3) is 3.37. The molecule has 10 aromatic carbocycles. The topological polar surface area (TPSA) is 26.3 Å². The van der Waals surface area contributed by atoms with Gasteiger partial charge in [-0.15, -0.1) is 0 Å². The van der Waals surface area contributed by atoms with E-state index in [2.05, 4.69) is 146 Å². The highest BCUT2D eigenvalue weighted by atomic mass is 16.3. The van der Waals surface area contributed by atoms with Gasteiger partial charge in [-0.25, -0.2) is 0 Å². The van der Waals surface area contributed by atoms with Gasteiger partial charge in [0.05, 0.1) is 0 Å². The lowest BCUT2D eigenvalue weighted by Crippen LogP contribution is -1.91. The van der Waals surface area contributed by atoms with Gasteiger partial charge in [-0.3, -0.25) is 0 Å². The van der Waals surface area contributed by atoms with Crippen LogP contribution in [0.4, 0.5) is 0 Å². The molecule has 0 unspecified atom stereocenters. The van der Waals surface area contributed by atoms with Gasteiger partial charge in [-0.2, -0.15) is 0 Å². The summed E-state index contributed by atoms with van der Waals surface area (Å²) >= 11 is 0. The third-order valence-corrected chi connectivity index (χ3v) is 11.0. The van der Waals surface area contributed by atoms with Gasteiger partial charge in [-0.1, -0.05) is 133 Å². The first-order valence-electron chi connectivity index (χ1n) is 17.2. The number of fused-ring (bicyclic) bond motifs is 10. The molecule has 2 aromatic heterocycles. The number of benzene rings is 10. The van der Waals surface area contributed by atoms with Crippen LogP contribution in [0.5, 0.6) is 0 Å². The van der Waals surface area contributed by atoms with Crippen molar-refractivity contribution in [2.75, 3.05) is 0 Å². The summed E-state index contributed by atoms with van der Waals surface area (Å²) in [6.45, 7) is 0. The first-order valence-corrected chi connectivity index (χ1v) is 17.2. The molecule has 230 valence electrons. The highest BCUT2D eigenvalue weighted by Crippen LogP contribution is 2.47. The SMILES string of the molecule is c1ccc2c(c1)oc1c3ccccc3c(-c3ccc4ccc5c(-c6cc7c8ccccc8oc7c7ccccc67)ccc6ccc3c4c65)cc21. The van der Waals surface area contributed by atoms with E-state index in [9.17, 15) is 0 Å². The van der Waals surface area contributed by atoms with E-state index in [4.69, 9.17) is 8.83 Å². The van der Waals surface area contributed by atoms with E-state index in [0.29, 0.717) is 0 Å². The predicted molar refractivity (Wildman–Crippen MR) is 211 cm³/mol. The monoisotopic (exact) mass is 634 g/mol. The van der Waals surface area contributed by atoms with Crippen molar-refractivity contribution in [3.05, 3.63) is 158 Å². The Kier molecular flexibility index (Phi) is 5.00. The van der Waals surface area contributed by atoms with Crippen molar-refractivity contribution in [3.8, 4) is 22.3 Å². The summed E-state index contributed by atoms with van der Waals surface area (Å²) in [6.07, 6.45) is 0. The summed E-state index contributed by atoms with van der Waals surface area (Å²) < 4.78 is 12.9. The smallest absolute Gasteiger partial charge is 0.143 e. The van der Waals surface area contributed by atoms with Crippen molar-refractivity contribution in [3.63, 3.8) is 0 Å². The second kappa shape index (κ2) is 9.49. The van der Waals surface area contributed by atoms with Gasteiger partial charge in [0.1, 0.15) is 22.3 Å². The van der Waals surface area contributed by atoms with Crippen molar-refractivity contribution in [1.29, 1.82) is 0 Å². The Bertz CT molecular complexity index is 3150. The van der Waals surface area contributed by atoms with Gasteiger partial charge in [0.2, 0.25) is 0 Å². The minimum atomic E-state index is 0.918. The summed E-state index contributed by atoms with van der Waals surface area (Å²) in [5.41, 5.74) is 8.64. The largest absolute Gasteiger partial charge is 0.455 e. The zero-order chi connectivity index (χ0) is 32.5. The fraction of sp³-hybridized carbons (Fsp3) is 0. The van der Waals surface area contributed by atoms with Gasteiger partial charge in [0.15, 0.2) is 0 Å². The zero-order valence-corrected chi connectivity index (χ0v) is 26.8. The highest BCUT2D eigenvalue weighted by molar-refractivity contribution is 6.30. The first kappa shape index (κ1) is 26.3. The Morgan fingerprint density at radius 1 is 0.260 bits per heavy atom. The van der Waals surface area contributed by atoms with Crippen molar-refractivity contribution in [2.45, 2.75) is 0 Å². The minimum Gasteiger partial charge on any atom is -0.455 e. The van der Waals surface area contributed by atoms with E-state index < -0.39 is 0 Å². The molecule has 0 saturated heterocycles. The minimum absolute atomic E-state index is 0.918.